The molecular formula is C31H33N5O2. The SMILES string of the molecule is CO[C@](C)(c1ccccc1)c1cc(C)n(-c2cccc(-n3nc([C@](C)(OC)c4ccccc4)cc3C)n2)n1. The summed E-state index contributed by atoms with van der Waals surface area (Å²) in [7, 11) is 3.42. The zero-order valence-corrected chi connectivity index (χ0v) is 22.7. The molecule has 0 aliphatic rings. The molecule has 194 valence electrons. The van der Waals surface area contributed by atoms with Crippen LogP contribution in [0.5, 0.6) is 0 Å². The van der Waals surface area contributed by atoms with E-state index in [1.807, 2.05) is 104 Å². The normalized spacial score (nSPS) is 14.7. The number of aromatic nitrogens is 5. The Kier molecular flexibility index (Phi) is 6.73. The van der Waals surface area contributed by atoms with Gasteiger partial charge < -0.3 is 9.47 Å². The zero-order valence-electron chi connectivity index (χ0n) is 22.7. The molecule has 0 N–H and O–H groups in total. The van der Waals surface area contributed by atoms with Crippen LogP contribution >= 0.6 is 0 Å². The highest BCUT2D eigenvalue weighted by Gasteiger charge is 2.33. The Morgan fingerprint density at radius 3 is 1.34 bits per heavy atom. The van der Waals surface area contributed by atoms with Crippen LogP contribution in [-0.4, -0.2) is 38.8 Å². The molecule has 0 saturated heterocycles. The van der Waals surface area contributed by atoms with Crippen molar-refractivity contribution in [3.05, 3.63) is 125 Å². The fourth-order valence-electron chi connectivity index (χ4n) is 4.78. The third-order valence-corrected chi connectivity index (χ3v) is 7.37. The molecule has 0 radical (unpaired) electrons. The molecular weight excluding hydrogens is 474 g/mol. The molecule has 0 fully saturated rings. The van der Waals surface area contributed by atoms with Gasteiger partial charge in [0.05, 0.1) is 11.4 Å². The molecule has 5 aromatic rings. The van der Waals surface area contributed by atoms with Crippen molar-refractivity contribution in [1.82, 2.24) is 24.5 Å². The quantitative estimate of drug-likeness (QED) is 0.262. The number of hydrogen-bond donors (Lipinski definition) is 0. The summed E-state index contributed by atoms with van der Waals surface area (Å²) in [5.74, 6) is 1.40. The van der Waals surface area contributed by atoms with Crippen LogP contribution in [0, 0.1) is 13.8 Å². The predicted molar refractivity (Wildman–Crippen MR) is 148 cm³/mol. The molecule has 2 atom stereocenters. The van der Waals surface area contributed by atoms with E-state index in [-0.39, 0.29) is 0 Å². The molecule has 0 amide bonds. The van der Waals surface area contributed by atoms with Crippen LogP contribution in [0.15, 0.2) is 91.0 Å². The molecule has 0 unspecified atom stereocenters. The van der Waals surface area contributed by atoms with E-state index in [1.54, 1.807) is 14.2 Å². The number of aryl methyl sites for hydroxylation is 2. The molecule has 0 saturated carbocycles. The summed E-state index contributed by atoms with van der Waals surface area (Å²) in [5.41, 5.74) is 4.23. The third-order valence-electron chi connectivity index (χ3n) is 7.37. The van der Waals surface area contributed by atoms with Crippen molar-refractivity contribution in [3.63, 3.8) is 0 Å². The number of methoxy groups -OCH3 is 2. The highest BCUT2D eigenvalue weighted by molar-refractivity contribution is 5.39. The Hall–Kier alpha value is -4.07. The monoisotopic (exact) mass is 507 g/mol. The van der Waals surface area contributed by atoms with Crippen LogP contribution in [0.1, 0.15) is 47.8 Å². The van der Waals surface area contributed by atoms with Gasteiger partial charge in [0.2, 0.25) is 0 Å². The van der Waals surface area contributed by atoms with Crippen LogP contribution < -0.4 is 0 Å². The van der Waals surface area contributed by atoms with Gasteiger partial charge in [-0.15, -0.1) is 0 Å². The molecule has 38 heavy (non-hydrogen) atoms. The van der Waals surface area contributed by atoms with Gasteiger partial charge in [-0.3, -0.25) is 0 Å². The van der Waals surface area contributed by atoms with Gasteiger partial charge in [0.25, 0.3) is 0 Å². The number of rotatable bonds is 8. The van der Waals surface area contributed by atoms with Crippen LogP contribution in [0.3, 0.4) is 0 Å². The molecule has 2 aromatic carbocycles. The molecule has 0 aliphatic heterocycles. The molecule has 0 bridgehead atoms. The number of ether oxygens (including phenoxy) is 2. The molecule has 7 nitrogen and oxygen atoms in total. The largest absolute Gasteiger partial charge is 0.367 e. The summed E-state index contributed by atoms with van der Waals surface area (Å²) in [4.78, 5) is 4.94. The molecule has 3 heterocycles. The highest BCUT2D eigenvalue weighted by atomic mass is 16.5. The Labute approximate surface area is 223 Å². The van der Waals surface area contributed by atoms with Gasteiger partial charge in [-0.25, -0.2) is 14.3 Å². The van der Waals surface area contributed by atoms with Crippen LogP contribution in [0.2, 0.25) is 0 Å². The zero-order chi connectivity index (χ0) is 26.9. The van der Waals surface area contributed by atoms with Gasteiger partial charge in [-0.05, 0) is 63.1 Å². The van der Waals surface area contributed by atoms with Crippen molar-refractivity contribution in [1.29, 1.82) is 0 Å². The van der Waals surface area contributed by atoms with E-state index < -0.39 is 11.2 Å². The van der Waals surface area contributed by atoms with Crippen LogP contribution in [0.25, 0.3) is 11.6 Å². The summed E-state index contributed by atoms with van der Waals surface area (Å²) in [6.45, 7) is 8.11. The number of pyridine rings is 1. The Morgan fingerprint density at radius 2 is 0.974 bits per heavy atom. The van der Waals surface area contributed by atoms with Crippen molar-refractivity contribution >= 4 is 0 Å². The summed E-state index contributed by atoms with van der Waals surface area (Å²) in [5, 5.41) is 9.87. The average molecular weight is 508 g/mol. The van der Waals surface area contributed by atoms with Gasteiger partial charge in [0.1, 0.15) is 11.2 Å². The smallest absolute Gasteiger partial charge is 0.156 e. The Morgan fingerprint density at radius 1 is 0.579 bits per heavy atom. The third kappa shape index (κ3) is 4.34. The van der Waals surface area contributed by atoms with Crippen LogP contribution in [-0.2, 0) is 20.7 Å². The minimum Gasteiger partial charge on any atom is -0.367 e. The molecule has 5 rings (SSSR count). The Balaban J connectivity index is 1.53. The summed E-state index contributed by atoms with van der Waals surface area (Å²) >= 11 is 0. The van der Waals surface area contributed by atoms with E-state index in [4.69, 9.17) is 24.7 Å². The Bertz CT molecular complexity index is 1430. The number of nitrogens with zero attached hydrogens (tertiary/aromatic N) is 5. The van der Waals surface area contributed by atoms with Crippen LogP contribution in [0.4, 0.5) is 0 Å². The van der Waals surface area contributed by atoms with Gasteiger partial charge in [-0.2, -0.15) is 10.2 Å². The number of hydrogen-bond acceptors (Lipinski definition) is 5. The highest BCUT2D eigenvalue weighted by Crippen LogP contribution is 2.34. The minimum atomic E-state index is -0.690. The maximum absolute atomic E-state index is 5.98. The second kappa shape index (κ2) is 10.0. The minimum absolute atomic E-state index is 0.690. The lowest BCUT2D eigenvalue weighted by Crippen LogP contribution is -2.27. The first-order chi connectivity index (χ1) is 18.3. The van der Waals surface area contributed by atoms with Crippen molar-refractivity contribution in [3.8, 4) is 11.6 Å². The average Bonchev–Trinajstić information content (AvgIpc) is 3.56. The topological polar surface area (TPSA) is 67.0 Å². The van der Waals surface area contributed by atoms with E-state index in [2.05, 4.69) is 24.3 Å². The van der Waals surface area contributed by atoms with Gasteiger partial charge in [0, 0.05) is 25.6 Å². The molecule has 0 spiro atoms. The summed E-state index contributed by atoms with van der Waals surface area (Å²) in [6.07, 6.45) is 0. The second-order valence-corrected chi connectivity index (χ2v) is 9.73. The van der Waals surface area contributed by atoms with E-state index >= 15 is 0 Å². The maximum Gasteiger partial charge on any atom is 0.156 e. The number of benzene rings is 2. The lowest BCUT2D eigenvalue weighted by Gasteiger charge is -2.26. The molecule has 7 heteroatoms. The lowest BCUT2D eigenvalue weighted by molar-refractivity contribution is 0.0350. The fraction of sp³-hybridized carbons (Fsp3) is 0.258. The van der Waals surface area contributed by atoms with Gasteiger partial charge in [0.15, 0.2) is 11.6 Å². The van der Waals surface area contributed by atoms with Gasteiger partial charge in [-0.1, -0.05) is 66.7 Å². The first kappa shape index (κ1) is 25.6. The van der Waals surface area contributed by atoms with Crippen molar-refractivity contribution < 1.29 is 9.47 Å². The van der Waals surface area contributed by atoms with Gasteiger partial charge >= 0.3 is 0 Å². The summed E-state index contributed by atoms with van der Waals surface area (Å²) in [6, 6.07) is 30.2. The maximum atomic E-state index is 5.98. The first-order valence-corrected chi connectivity index (χ1v) is 12.6. The van der Waals surface area contributed by atoms with E-state index in [9.17, 15) is 0 Å². The van der Waals surface area contributed by atoms with E-state index in [0.29, 0.717) is 11.6 Å². The molecule has 0 aliphatic carbocycles. The first-order valence-electron chi connectivity index (χ1n) is 12.6. The van der Waals surface area contributed by atoms with Crippen molar-refractivity contribution in [2.75, 3.05) is 14.2 Å². The van der Waals surface area contributed by atoms with Crippen molar-refractivity contribution in [2.45, 2.75) is 38.9 Å². The van der Waals surface area contributed by atoms with Crippen molar-refractivity contribution in [2.24, 2.45) is 0 Å². The summed E-state index contributed by atoms with van der Waals surface area (Å²) < 4.78 is 15.7. The predicted octanol–water partition coefficient (Wildman–Crippen LogP) is 5.89. The fourth-order valence-corrected chi connectivity index (χ4v) is 4.78. The molecule has 3 aromatic heterocycles. The second-order valence-electron chi connectivity index (χ2n) is 9.73. The van der Waals surface area contributed by atoms with E-state index in [0.717, 1.165) is 33.9 Å². The standard InChI is InChI=1S/C31H33N5O2/c1-22-20-26(30(3,37-5)24-14-9-7-10-15-24)33-35(22)28-18-13-19-29(32-28)36-23(2)21-27(34-36)31(4,38-6)25-16-11-8-12-17-25/h7-21H,1-6H3/t30-,31-/m1/s1. The van der Waals surface area contributed by atoms with E-state index in [1.165, 1.54) is 0 Å². The lowest BCUT2D eigenvalue weighted by atomic mass is 9.92.